The van der Waals surface area contributed by atoms with Crippen LogP contribution in [0.2, 0.25) is 0 Å². The molecule has 0 spiro atoms. The molecule has 2 atom stereocenters. The van der Waals surface area contributed by atoms with Crippen molar-refractivity contribution < 1.29 is 22.7 Å². The van der Waals surface area contributed by atoms with Gasteiger partial charge in [-0.05, 0) is 61.7 Å². The molecule has 3 rings (SSSR count). The number of nitrogens with one attached hydrogen (secondary N) is 1. The molecule has 2 aromatic carbocycles. The largest absolute Gasteiger partial charge is 0.393 e. The van der Waals surface area contributed by atoms with Crippen LogP contribution >= 0.6 is 0 Å². The highest BCUT2D eigenvalue weighted by molar-refractivity contribution is 7.92. The van der Waals surface area contributed by atoms with Gasteiger partial charge in [0, 0.05) is 12.2 Å². The summed E-state index contributed by atoms with van der Waals surface area (Å²) >= 11 is 0. The first-order valence-electron chi connectivity index (χ1n) is 9.43. The molecule has 0 fully saturated rings. The number of aryl methyl sites for hydroxylation is 1. The van der Waals surface area contributed by atoms with Crippen molar-refractivity contribution >= 4 is 27.3 Å². The lowest BCUT2D eigenvalue weighted by molar-refractivity contribution is -0.122. The van der Waals surface area contributed by atoms with Gasteiger partial charge in [0.1, 0.15) is 5.82 Å². The number of hydrogen-bond donors (Lipinski definition) is 2. The first-order valence-corrected chi connectivity index (χ1v) is 10.9. The predicted octanol–water partition coefficient (Wildman–Crippen LogP) is 2.67. The molecule has 0 saturated carbocycles. The molecular formula is C20H22FN3O5S. The number of fused-ring (bicyclic) bond motifs is 1. The minimum absolute atomic E-state index is 0.0302. The number of benzene rings is 2. The van der Waals surface area contributed by atoms with E-state index in [2.05, 4.69) is 10.5 Å². The summed E-state index contributed by atoms with van der Waals surface area (Å²) in [6.07, 6.45) is 0.217. The van der Waals surface area contributed by atoms with Crippen LogP contribution in [0.25, 0.3) is 0 Å². The highest BCUT2D eigenvalue weighted by atomic mass is 32.2. The van der Waals surface area contributed by atoms with Gasteiger partial charge in [0.25, 0.3) is 10.0 Å². The van der Waals surface area contributed by atoms with Gasteiger partial charge in [-0.2, -0.15) is 4.91 Å². The second kappa shape index (κ2) is 8.88. The smallest absolute Gasteiger partial charge is 0.264 e. The van der Waals surface area contributed by atoms with E-state index in [1.165, 1.54) is 23.4 Å². The number of nitroso groups, excluding NO2 is 1. The van der Waals surface area contributed by atoms with Gasteiger partial charge >= 0.3 is 0 Å². The predicted molar refractivity (Wildman–Crippen MR) is 110 cm³/mol. The first-order chi connectivity index (χ1) is 14.2. The van der Waals surface area contributed by atoms with Crippen LogP contribution in [-0.2, 0) is 21.2 Å². The van der Waals surface area contributed by atoms with Gasteiger partial charge in [0.2, 0.25) is 5.91 Å². The average molecular weight is 435 g/mol. The second-order valence-electron chi connectivity index (χ2n) is 7.13. The summed E-state index contributed by atoms with van der Waals surface area (Å²) < 4.78 is 40.7. The number of halogens is 1. The number of aliphatic hydroxyl groups excluding tert-OH is 1. The number of rotatable bonds is 7. The fraction of sp³-hybridized carbons (Fsp3) is 0.350. The highest BCUT2D eigenvalue weighted by Gasteiger charge is 2.30. The third-order valence-electron chi connectivity index (χ3n) is 5.02. The minimum Gasteiger partial charge on any atom is -0.393 e. The number of sulfonamides is 1. The van der Waals surface area contributed by atoms with Crippen LogP contribution in [0.5, 0.6) is 0 Å². The van der Waals surface area contributed by atoms with Crippen LogP contribution < -0.4 is 9.62 Å². The molecule has 30 heavy (non-hydrogen) atoms. The minimum atomic E-state index is -3.92. The van der Waals surface area contributed by atoms with Crippen molar-refractivity contribution in [3.05, 3.63) is 58.8 Å². The van der Waals surface area contributed by atoms with Crippen molar-refractivity contribution in [2.45, 2.75) is 30.8 Å². The van der Waals surface area contributed by atoms with E-state index < -0.39 is 33.8 Å². The van der Waals surface area contributed by atoms with E-state index >= 15 is 0 Å². The zero-order valence-corrected chi connectivity index (χ0v) is 17.1. The topological polar surface area (TPSA) is 116 Å². The molecule has 1 amide bonds. The first kappa shape index (κ1) is 21.8. The summed E-state index contributed by atoms with van der Waals surface area (Å²) in [7, 11) is -3.92. The fourth-order valence-corrected chi connectivity index (χ4v) is 4.90. The molecular weight excluding hydrogens is 413 g/mol. The van der Waals surface area contributed by atoms with Gasteiger partial charge in [-0.15, -0.1) is 0 Å². The molecule has 1 heterocycles. The molecule has 2 N–H and O–H groups in total. The summed E-state index contributed by atoms with van der Waals surface area (Å²) in [5, 5.41) is 15.0. The Morgan fingerprint density at radius 2 is 1.97 bits per heavy atom. The zero-order valence-electron chi connectivity index (χ0n) is 16.3. The molecule has 0 aromatic heterocycles. The normalized spacial score (nSPS) is 15.8. The number of anilines is 2. The summed E-state index contributed by atoms with van der Waals surface area (Å²) in [6.45, 7) is 1.26. The van der Waals surface area contributed by atoms with Crippen LogP contribution in [0.1, 0.15) is 18.9 Å². The Hall–Kier alpha value is -2.85. The quantitative estimate of drug-likeness (QED) is 0.649. The van der Waals surface area contributed by atoms with E-state index in [9.17, 15) is 27.6 Å². The van der Waals surface area contributed by atoms with Gasteiger partial charge in [-0.1, -0.05) is 11.2 Å². The van der Waals surface area contributed by atoms with E-state index in [0.717, 1.165) is 17.7 Å². The van der Waals surface area contributed by atoms with Crippen molar-refractivity contribution in [3.63, 3.8) is 0 Å². The summed E-state index contributed by atoms with van der Waals surface area (Å²) in [4.78, 5) is 22.9. The lowest BCUT2D eigenvalue weighted by Gasteiger charge is -2.31. The number of aliphatic hydroxyl groups is 1. The highest BCUT2D eigenvalue weighted by Crippen LogP contribution is 2.34. The van der Waals surface area contributed by atoms with Crippen LogP contribution in [0.4, 0.5) is 15.8 Å². The van der Waals surface area contributed by atoms with Crippen molar-refractivity contribution in [2.75, 3.05) is 22.7 Å². The summed E-state index contributed by atoms with van der Waals surface area (Å²) in [6, 6.07) is 9.51. The van der Waals surface area contributed by atoms with Crippen molar-refractivity contribution in [3.8, 4) is 0 Å². The van der Waals surface area contributed by atoms with Crippen molar-refractivity contribution in [2.24, 2.45) is 11.1 Å². The Balaban J connectivity index is 1.92. The molecule has 0 aliphatic carbocycles. The van der Waals surface area contributed by atoms with E-state index in [-0.39, 0.29) is 18.0 Å². The van der Waals surface area contributed by atoms with E-state index in [1.807, 2.05) is 0 Å². The molecule has 1 aliphatic heterocycles. The van der Waals surface area contributed by atoms with E-state index in [1.54, 1.807) is 18.2 Å². The standard InChI is InChI=1S/C20H22FN3O5S/c1-13(25)18(12-22-27)20(26)23-16-7-4-14-3-2-10-24(19(14)11-16)30(28,29)17-8-5-15(21)6-9-17/h4-9,11,13,18,25H,2-3,10,12H2,1H3,(H,23,26). The lowest BCUT2D eigenvalue weighted by Crippen LogP contribution is -2.36. The Kier molecular flexibility index (Phi) is 6.47. The number of nitrogens with zero attached hydrogens (tertiary/aromatic N) is 2. The van der Waals surface area contributed by atoms with E-state index in [4.69, 9.17) is 0 Å². The van der Waals surface area contributed by atoms with E-state index in [0.29, 0.717) is 24.2 Å². The second-order valence-corrected chi connectivity index (χ2v) is 8.99. The average Bonchev–Trinajstić information content (AvgIpc) is 2.71. The third kappa shape index (κ3) is 4.49. The van der Waals surface area contributed by atoms with Gasteiger partial charge in [-0.25, -0.2) is 12.8 Å². The van der Waals surface area contributed by atoms with Gasteiger partial charge in [0.05, 0.1) is 29.1 Å². The molecule has 0 bridgehead atoms. The van der Waals surface area contributed by atoms with Crippen LogP contribution in [0, 0.1) is 16.6 Å². The van der Waals surface area contributed by atoms with Crippen LogP contribution in [-0.4, -0.2) is 38.6 Å². The third-order valence-corrected chi connectivity index (χ3v) is 6.85. The van der Waals surface area contributed by atoms with Crippen LogP contribution in [0.15, 0.2) is 52.5 Å². The molecule has 8 nitrogen and oxygen atoms in total. The Labute approximate surface area is 173 Å². The maximum atomic E-state index is 13.2. The molecule has 10 heteroatoms. The number of carbonyl (C=O) groups excluding carboxylic acids is 1. The molecule has 2 unspecified atom stereocenters. The van der Waals surface area contributed by atoms with Crippen molar-refractivity contribution in [1.82, 2.24) is 0 Å². The molecule has 1 aliphatic rings. The molecule has 160 valence electrons. The SMILES string of the molecule is CC(O)C(CN=O)C(=O)Nc1ccc2c(c1)N(S(=O)(=O)c1ccc(F)cc1)CCC2. The number of hydrogen-bond acceptors (Lipinski definition) is 6. The molecule has 0 saturated heterocycles. The number of carbonyl (C=O) groups is 1. The van der Waals surface area contributed by atoms with Gasteiger partial charge in [0.15, 0.2) is 0 Å². The zero-order chi connectivity index (χ0) is 21.9. The van der Waals surface area contributed by atoms with Crippen molar-refractivity contribution in [1.29, 1.82) is 0 Å². The molecule has 0 radical (unpaired) electrons. The summed E-state index contributed by atoms with van der Waals surface area (Å²) in [5.74, 6) is -2.14. The Morgan fingerprint density at radius 1 is 1.27 bits per heavy atom. The lowest BCUT2D eigenvalue weighted by atomic mass is 10.0. The summed E-state index contributed by atoms with van der Waals surface area (Å²) in [5.41, 5.74) is 1.55. The maximum Gasteiger partial charge on any atom is 0.264 e. The molecule has 2 aromatic rings. The van der Waals surface area contributed by atoms with Crippen LogP contribution in [0.3, 0.4) is 0 Å². The maximum absolute atomic E-state index is 13.2. The Bertz CT molecular complexity index is 1040. The monoisotopic (exact) mass is 435 g/mol. The van der Waals surface area contributed by atoms with Gasteiger partial charge in [-0.3, -0.25) is 9.10 Å². The van der Waals surface area contributed by atoms with Gasteiger partial charge < -0.3 is 10.4 Å². The Morgan fingerprint density at radius 3 is 2.60 bits per heavy atom. The fourth-order valence-electron chi connectivity index (χ4n) is 3.37. The number of amides is 1.